The lowest BCUT2D eigenvalue weighted by Crippen LogP contribution is -2.25. The van der Waals surface area contributed by atoms with Gasteiger partial charge in [-0.25, -0.2) is 0 Å². The number of halogens is 2. The van der Waals surface area contributed by atoms with Crippen LogP contribution in [-0.4, -0.2) is 37.3 Å². The van der Waals surface area contributed by atoms with Crippen molar-refractivity contribution in [3.8, 4) is 5.69 Å². The van der Waals surface area contributed by atoms with Crippen LogP contribution in [0, 0.1) is 24.0 Å². The molecule has 10 nitrogen and oxygen atoms in total. The normalized spacial score (nSPS) is 10.8. The Morgan fingerprint density at radius 1 is 1.03 bits per heavy atom. The molecule has 0 aliphatic rings. The lowest BCUT2D eigenvalue weighted by Gasteiger charge is -2.12. The van der Waals surface area contributed by atoms with Crippen molar-refractivity contribution in [3.63, 3.8) is 0 Å². The van der Waals surface area contributed by atoms with Crippen molar-refractivity contribution in [2.45, 2.75) is 25.5 Å². The fourth-order valence-electron chi connectivity index (χ4n) is 3.65. The Hall–Kier alpha value is -3.93. The topological polar surface area (TPSA) is 132 Å². The number of nitro benzene ring substituents is 1. The van der Waals surface area contributed by atoms with E-state index >= 15 is 0 Å². The third kappa shape index (κ3) is 6.94. The minimum Gasteiger partial charge on any atom is -0.345 e. The summed E-state index contributed by atoms with van der Waals surface area (Å²) < 4.78 is 1.66. The Morgan fingerprint density at radius 3 is 2.54 bits per heavy atom. The Balaban J connectivity index is 1.54. The second-order valence-electron chi connectivity index (χ2n) is 8.48. The minimum atomic E-state index is -0.536. The van der Waals surface area contributed by atoms with Crippen LogP contribution in [0.5, 0.6) is 0 Å². The van der Waals surface area contributed by atoms with Crippen LogP contribution >= 0.6 is 35.0 Å². The number of thioether (sulfide) groups is 1. The van der Waals surface area contributed by atoms with Crippen molar-refractivity contribution >= 4 is 58.2 Å². The van der Waals surface area contributed by atoms with Crippen molar-refractivity contribution in [3.05, 3.63) is 103 Å². The first kappa shape index (κ1) is 28.1. The van der Waals surface area contributed by atoms with Gasteiger partial charge in [-0.05, 0) is 55.8 Å². The molecule has 1 aromatic heterocycles. The summed E-state index contributed by atoms with van der Waals surface area (Å²) in [5.41, 5.74) is 2.72. The summed E-state index contributed by atoms with van der Waals surface area (Å²) in [5, 5.41) is 26.3. The van der Waals surface area contributed by atoms with Crippen molar-refractivity contribution < 1.29 is 14.5 Å². The van der Waals surface area contributed by atoms with Crippen LogP contribution in [0.3, 0.4) is 0 Å². The highest BCUT2D eigenvalue weighted by Gasteiger charge is 2.19. The van der Waals surface area contributed by atoms with Crippen LogP contribution < -0.4 is 10.6 Å². The zero-order chi connectivity index (χ0) is 28.1. The van der Waals surface area contributed by atoms with Gasteiger partial charge >= 0.3 is 0 Å². The van der Waals surface area contributed by atoms with E-state index in [9.17, 15) is 19.7 Å². The summed E-state index contributed by atoms with van der Waals surface area (Å²) in [6.07, 6.45) is 0. The van der Waals surface area contributed by atoms with Gasteiger partial charge in [-0.3, -0.25) is 24.3 Å². The Labute approximate surface area is 237 Å². The predicted molar refractivity (Wildman–Crippen MR) is 151 cm³/mol. The first-order valence-corrected chi connectivity index (χ1v) is 13.3. The lowest BCUT2D eigenvalue weighted by molar-refractivity contribution is -0.385. The van der Waals surface area contributed by atoms with Crippen LogP contribution in [-0.2, 0) is 11.3 Å². The number of carbonyl (C=O) groups is 2. The number of hydrogen-bond donors (Lipinski definition) is 2. The molecule has 39 heavy (non-hydrogen) atoms. The average molecular weight is 585 g/mol. The quantitative estimate of drug-likeness (QED) is 0.145. The third-order valence-corrected chi connectivity index (χ3v) is 7.24. The van der Waals surface area contributed by atoms with Gasteiger partial charge < -0.3 is 10.6 Å². The van der Waals surface area contributed by atoms with Gasteiger partial charge in [0.25, 0.3) is 11.6 Å². The average Bonchev–Trinajstić information content (AvgIpc) is 3.30. The molecule has 200 valence electrons. The van der Waals surface area contributed by atoms with E-state index in [2.05, 4.69) is 20.8 Å². The maximum atomic E-state index is 12.8. The van der Waals surface area contributed by atoms with E-state index in [0.29, 0.717) is 38.0 Å². The van der Waals surface area contributed by atoms with Gasteiger partial charge in [0.05, 0.1) is 33.0 Å². The first-order chi connectivity index (χ1) is 18.6. The monoisotopic (exact) mass is 584 g/mol. The molecule has 0 spiro atoms. The van der Waals surface area contributed by atoms with E-state index in [4.69, 9.17) is 23.2 Å². The Kier molecular flexibility index (Phi) is 8.85. The molecule has 0 atom stereocenters. The maximum Gasteiger partial charge on any atom is 0.273 e. The highest BCUT2D eigenvalue weighted by atomic mass is 35.5. The molecule has 0 fully saturated rings. The van der Waals surface area contributed by atoms with E-state index in [1.54, 1.807) is 35.8 Å². The van der Waals surface area contributed by atoms with Crippen molar-refractivity contribution in [2.75, 3.05) is 11.1 Å². The standard InChI is InChI=1S/C26H22Cl2N6O4S/c1-15-4-3-5-18(10-15)30-24(35)14-39-26-32-31-23(33(26)19-8-9-20(27)21(28)12-19)13-29-25(36)17-7-6-16(2)22(11-17)34(37)38/h3-12H,13-14H2,1-2H3,(H,29,36)(H,30,35). The van der Waals surface area contributed by atoms with Gasteiger partial charge in [0.1, 0.15) is 0 Å². The van der Waals surface area contributed by atoms with Gasteiger partial charge in [-0.1, -0.05) is 53.2 Å². The SMILES string of the molecule is Cc1cccc(NC(=O)CSc2nnc(CNC(=O)c3ccc(C)c([N+](=O)[O-])c3)n2-c2ccc(Cl)c(Cl)c2)c1. The molecule has 0 aliphatic carbocycles. The molecule has 0 saturated carbocycles. The molecule has 4 rings (SSSR count). The summed E-state index contributed by atoms with van der Waals surface area (Å²) in [4.78, 5) is 36.1. The number of aryl methyl sites for hydroxylation is 2. The summed E-state index contributed by atoms with van der Waals surface area (Å²) >= 11 is 13.5. The number of aromatic nitrogens is 3. The van der Waals surface area contributed by atoms with Crippen molar-refractivity contribution in [2.24, 2.45) is 0 Å². The number of nitrogens with zero attached hydrogens (tertiary/aromatic N) is 4. The van der Waals surface area contributed by atoms with Crippen LogP contribution in [0.1, 0.15) is 27.3 Å². The first-order valence-electron chi connectivity index (χ1n) is 11.5. The summed E-state index contributed by atoms with van der Waals surface area (Å²) in [5.74, 6) is -0.351. The predicted octanol–water partition coefficient (Wildman–Crippen LogP) is 5.76. The van der Waals surface area contributed by atoms with E-state index in [1.165, 1.54) is 18.2 Å². The number of benzene rings is 3. The summed E-state index contributed by atoms with van der Waals surface area (Å²) in [7, 11) is 0. The molecule has 0 aliphatic heterocycles. The van der Waals surface area contributed by atoms with Crippen LogP contribution in [0.25, 0.3) is 5.69 Å². The molecule has 13 heteroatoms. The summed E-state index contributed by atoms with van der Waals surface area (Å²) in [6, 6.07) is 16.7. The molecule has 0 bridgehead atoms. The number of nitrogens with one attached hydrogen (secondary N) is 2. The Bertz CT molecular complexity index is 1580. The molecule has 0 radical (unpaired) electrons. The highest BCUT2D eigenvalue weighted by Crippen LogP contribution is 2.28. The number of hydrogen-bond acceptors (Lipinski definition) is 7. The van der Waals surface area contributed by atoms with E-state index in [0.717, 1.165) is 17.3 Å². The second-order valence-corrected chi connectivity index (χ2v) is 10.2. The minimum absolute atomic E-state index is 0.0484. The van der Waals surface area contributed by atoms with E-state index < -0.39 is 10.8 Å². The van der Waals surface area contributed by atoms with Crippen molar-refractivity contribution in [1.29, 1.82) is 0 Å². The molecule has 3 aromatic carbocycles. The molecule has 2 amide bonds. The fraction of sp³-hybridized carbons (Fsp3) is 0.154. The highest BCUT2D eigenvalue weighted by molar-refractivity contribution is 7.99. The van der Waals surface area contributed by atoms with Crippen LogP contribution in [0.2, 0.25) is 10.0 Å². The lowest BCUT2D eigenvalue weighted by atomic mass is 10.1. The van der Waals surface area contributed by atoms with Crippen molar-refractivity contribution in [1.82, 2.24) is 20.1 Å². The van der Waals surface area contributed by atoms with Gasteiger partial charge in [0.2, 0.25) is 5.91 Å². The molecule has 0 unspecified atom stereocenters. The van der Waals surface area contributed by atoms with Crippen LogP contribution in [0.4, 0.5) is 11.4 Å². The number of carbonyl (C=O) groups excluding carboxylic acids is 2. The van der Waals surface area contributed by atoms with Gasteiger partial charge in [0.15, 0.2) is 11.0 Å². The molecule has 0 saturated heterocycles. The number of rotatable bonds is 9. The molecular weight excluding hydrogens is 563 g/mol. The largest absolute Gasteiger partial charge is 0.345 e. The maximum absolute atomic E-state index is 12.8. The molecule has 2 N–H and O–H groups in total. The smallest absolute Gasteiger partial charge is 0.273 e. The molecule has 4 aromatic rings. The zero-order valence-corrected chi connectivity index (χ0v) is 23.1. The Morgan fingerprint density at radius 2 is 1.82 bits per heavy atom. The molecule has 1 heterocycles. The van der Waals surface area contributed by atoms with Crippen LogP contribution in [0.15, 0.2) is 65.8 Å². The zero-order valence-electron chi connectivity index (χ0n) is 20.8. The van der Waals surface area contributed by atoms with Gasteiger partial charge in [0, 0.05) is 22.9 Å². The summed E-state index contributed by atoms with van der Waals surface area (Å²) in [6.45, 7) is 3.48. The van der Waals surface area contributed by atoms with E-state index in [-0.39, 0.29) is 29.5 Å². The molecular formula is C26H22Cl2N6O4S. The third-order valence-electron chi connectivity index (χ3n) is 5.57. The van der Waals surface area contributed by atoms with Gasteiger partial charge in [-0.2, -0.15) is 0 Å². The van der Waals surface area contributed by atoms with Gasteiger partial charge in [-0.15, -0.1) is 10.2 Å². The number of amides is 2. The second kappa shape index (κ2) is 12.3. The number of anilines is 1. The number of nitro groups is 1. The fourth-order valence-corrected chi connectivity index (χ4v) is 4.71. The van der Waals surface area contributed by atoms with E-state index in [1.807, 2.05) is 25.1 Å².